The van der Waals surface area contributed by atoms with E-state index in [-0.39, 0.29) is 5.02 Å². The van der Waals surface area contributed by atoms with Crippen LogP contribution in [0.5, 0.6) is 0 Å². The van der Waals surface area contributed by atoms with Crippen molar-refractivity contribution >= 4 is 43.1 Å². The van der Waals surface area contributed by atoms with Crippen LogP contribution in [-0.2, 0) is 0 Å². The van der Waals surface area contributed by atoms with Gasteiger partial charge in [-0.1, -0.05) is 72.3 Å². The van der Waals surface area contributed by atoms with Crippen LogP contribution in [0.3, 0.4) is 0 Å². The number of fused-ring (bicyclic) bond motifs is 3. The van der Waals surface area contributed by atoms with Gasteiger partial charge >= 0.3 is 0 Å². The molecule has 0 spiro atoms. The van der Waals surface area contributed by atoms with Gasteiger partial charge in [0.05, 0.1) is 5.02 Å². The highest BCUT2D eigenvalue weighted by molar-refractivity contribution is 7.26. The second-order valence-corrected chi connectivity index (χ2v) is 9.04. The molecule has 0 aliphatic rings. The topological polar surface area (TPSA) is 38.7 Å². The molecule has 6 heteroatoms. The van der Waals surface area contributed by atoms with E-state index in [1.165, 1.54) is 21.5 Å². The molecule has 2 aromatic heterocycles. The molecule has 0 fully saturated rings. The fourth-order valence-electron chi connectivity index (χ4n) is 3.90. The molecule has 0 N–H and O–H groups in total. The molecule has 0 radical (unpaired) electrons. The Hall–Kier alpha value is -3.67. The minimum atomic E-state index is -0.479. The second-order valence-electron chi connectivity index (χ2n) is 7.58. The number of benzene rings is 4. The molecule has 3 nitrogen and oxygen atoms in total. The van der Waals surface area contributed by atoms with E-state index >= 15 is 0 Å². The Morgan fingerprint density at radius 3 is 2.15 bits per heavy atom. The van der Waals surface area contributed by atoms with Crippen molar-refractivity contribution in [3.63, 3.8) is 0 Å². The summed E-state index contributed by atoms with van der Waals surface area (Å²) in [5, 5.41) is 2.41. The van der Waals surface area contributed by atoms with Crippen LogP contribution < -0.4 is 0 Å². The third kappa shape index (κ3) is 3.55. The molecule has 0 unspecified atom stereocenters. The van der Waals surface area contributed by atoms with Gasteiger partial charge in [-0.15, -0.1) is 11.3 Å². The number of thiophene rings is 1. The maximum absolute atomic E-state index is 13.8. The zero-order valence-electron chi connectivity index (χ0n) is 17.2. The van der Waals surface area contributed by atoms with Crippen LogP contribution in [-0.4, -0.2) is 15.0 Å². The maximum atomic E-state index is 13.8. The molecule has 0 saturated heterocycles. The van der Waals surface area contributed by atoms with Gasteiger partial charge in [0.15, 0.2) is 17.5 Å². The molecule has 158 valence electrons. The molecule has 6 aromatic rings. The van der Waals surface area contributed by atoms with E-state index < -0.39 is 5.82 Å². The van der Waals surface area contributed by atoms with E-state index in [9.17, 15) is 4.39 Å². The summed E-state index contributed by atoms with van der Waals surface area (Å²) in [4.78, 5) is 14.3. The maximum Gasteiger partial charge on any atom is 0.165 e. The molecule has 33 heavy (non-hydrogen) atoms. The van der Waals surface area contributed by atoms with Crippen molar-refractivity contribution in [2.45, 2.75) is 0 Å². The van der Waals surface area contributed by atoms with Crippen molar-refractivity contribution in [3.8, 4) is 34.2 Å². The molecule has 2 heterocycles. The second kappa shape index (κ2) is 8.03. The van der Waals surface area contributed by atoms with Crippen LogP contribution in [0.1, 0.15) is 0 Å². The Morgan fingerprint density at radius 1 is 0.636 bits per heavy atom. The molecular weight excluding hydrogens is 453 g/mol. The Bertz CT molecular complexity index is 1650. The number of halogens is 2. The first-order valence-electron chi connectivity index (χ1n) is 10.3. The normalized spacial score (nSPS) is 11.3. The summed E-state index contributed by atoms with van der Waals surface area (Å²) >= 11 is 7.78. The highest BCUT2D eigenvalue weighted by atomic mass is 35.5. The number of nitrogens with zero attached hydrogens (tertiary/aromatic N) is 3. The zero-order chi connectivity index (χ0) is 22.4. The quantitative estimate of drug-likeness (QED) is 0.264. The number of rotatable bonds is 3. The summed E-state index contributed by atoms with van der Waals surface area (Å²) in [6, 6.07) is 28.8. The van der Waals surface area contributed by atoms with Crippen LogP contribution in [0, 0.1) is 5.82 Å². The van der Waals surface area contributed by atoms with Gasteiger partial charge in [0.1, 0.15) is 5.82 Å². The third-order valence-electron chi connectivity index (χ3n) is 5.49. The molecule has 0 atom stereocenters. The zero-order valence-corrected chi connectivity index (χ0v) is 18.7. The average Bonchev–Trinajstić information content (AvgIpc) is 3.25. The lowest BCUT2D eigenvalue weighted by Gasteiger charge is -2.09. The number of hydrogen-bond donors (Lipinski definition) is 0. The van der Waals surface area contributed by atoms with Gasteiger partial charge in [-0.3, -0.25) is 0 Å². The molecule has 4 aromatic carbocycles. The fraction of sp³-hybridized carbons (Fsp3) is 0. The SMILES string of the molecule is Fc1ccc(-c2nc(-c3ccccc3)nc(-c3cccc4c3sc3ccccc34)n2)cc1Cl. The Morgan fingerprint density at radius 2 is 1.33 bits per heavy atom. The molecule has 0 aliphatic heterocycles. The van der Waals surface area contributed by atoms with Gasteiger partial charge in [-0.25, -0.2) is 19.3 Å². The van der Waals surface area contributed by atoms with E-state index in [1.807, 2.05) is 54.6 Å². The molecular formula is C27H15ClFN3S. The fourth-order valence-corrected chi connectivity index (χ4v) is 5.29. The van der Waals surface area contributed by atoms with Gasteiger partial charge < -0.3 is 0 Å². The highest BCUT2D eigenvalue weighted by Gasteiger charge is 2.16. The van der Waals surface area contributed by atoms with Crippen molar-refractivity contribution in [2.24, 2.45) is 0 Å². The Balaban J connectivity index is 1.63. The van der Waals surface area contributed by atoms with E-state index in [0.717, 1.165) is 15.8 Å². The van der Waals surface area contributed by atoms with E-state index in [4.69, 9.17) is 26.6 Å². The number of aromatic nitrogens is 3. The van der Waals surface area contributed by atoms with Gasteiger partial charge in [0.2, 0.25) is 0 Å². The van der Waals surface area contributed by atoms with Crippen LogP contribution in [0.2, 0.25) is 5.02 Å². The predicted molar refractivity (Wildman–Crippen MR) is 134 cm³/mol. The van der Waals surface area contributed by atoms with E-state index in [2.05, 4.69) is 18.2 Å². The van der Waals surface area contributed by atoms with Crippen molar-refractivity contribution in [3.05, 3.63) is 102 Å². The van der Waals surface area contributed by atoms with Crippen molar-refractivity contribution in [1.29, 1.82) is 0 Å². The average molecular weight is 468 g/mol. The molecule has 6 rings (SSSR count). The predicted octanol–water partition coefficient (Wildman–Crippen LogP) is 8.03. The minimum Gasteiger partial charge on any atom is -0.208 e. The lowest BCUT2D eigenvalue weighted by atomic mass is 10.1. The summed E-state index contributed by atoms with van der Waals surface area (Å²) in [7, 11) is 0. The first-order chi connectivity index (χ1) is 16.2. The summed E-state index contributed by atoms with van der Waals surface area (Å²) in [6.07, 6.45) is 0. The van der Waals surface area contributed by atoms with E-state index in [0.29, 0.717) is 23.0 Å². The minimum absolute atomic E-state index is 0.0299. The summed E-state index contributed by atoms with van der Waals surface area (Å²) < 4.78 is 16.1. The van der Waals surface area contributed by atoms with Crippen LogP contribution in [0.25, 0.3) is 54.3 Å². The Kier molecular flexibility index (Phi) is 4.86. The van der Waals surface area contributed by atoms with Crippen LogP contribution in [0.4, 0.5) is 4.39 Å². The molecule has 0 bridgehead atoms. The van der Waals surface area contributed by atoms with Gasteiger partial charge in [0.25, 0.3) is 0 Å². The summed E-state index contributed by atoms with van der Waals surface area (Å²) in [5.41, 5.74) is 2.44. The third-order valence-corrected chi connectivity index (χ3v) is 7.00. The van der Waals surface area contributed by atoms with Gasteiger partial charge in [-0.05, 0) is 30.3 Å². The van der Waals surface area contributed by atoms with Crippen LogP contribution >= 0.6 is 22.9 Å². The molecule has 0 saturated carbocycles. The highest BCUT2D eigenvalue weighted by Crippen LogP contribution is 2.39. The van der Waals surface area contributed by atoms with E-state index in [1.54, 1.807) is 23.5 Å². The van der Waals surface area contributed by atoms with Crippen molar-refractivity contribution < 1.29 is 4.39 Å². The molecule has 0 aliphatic carbocycles. The van der Waals surface area contributed by atoms with Crippen molar-refractivity contribution in [1.82, 2.24) is 15.0 Å². The van der Waals surface area contributed by atoms with Crippen molar-refractivity contribution in [2.75, 3.05) is 0 Å². The lowest BCUT2D eigenvalue weighted by molar-refractivity contribution is 0.628. The monoisotopic (exact) mass is 467 g/mol. The van der Waals surface area contributed by atoms with Gasteiger partial charge in [0, 0.05) is 36.9 Å². The largest absolute Gasteiger partial charge is 0.208 e. The summed E-state index contributed by atoms with van der Waals surface area (Å²) in [6.45, 7) is 0. The Labute approximate surface area is 198 Å². The smallest absolute Gasteiger partial charge is 0.165 e. The lowest BCUT2D eigenvalue weighted by Crippen LogP contribution is -2.00. The molecule has 0 amide bonds. The number of hydrogen-bond acceptors (Lipinski definition) is 4. The first-order valence-corrected chi connectivity index (χ1v) is 11.5. The van der Waals surface area contributed by atoms with Gasteiger partial charge in [-0.2, -0.15) is 0 Å². The first kappa shape index (κ1) is 20.0. The summed E-state index contributed by atoms with van der Waals surface area (Å²) in [5.74, 6) is 1.08. The van der Waals surface area contributed by atoms with Crippen LogP contribution in [0.15, 0.2) is 91.0 Å². The standard InChI is InChI=1S/C27H15ClFN3S/c28-21-15-17(13-14-22(21)29)26-30-25(16-7-2-1-3-8-16)31-27(32-26)20-11-6-10-19-18-9-4-5-12-23(18)33-24(19)20/h1-15H.